The van der Waals surface area contributed by atoms with Crippen molar-refractivity contribution < 1.29 is 32.8 Å². The summed E-state index contributed by atoms with van der Waals surface area (Å²) < 4.78 is 42.8. The van der Waals surface area contributed by atoms with E-state index in [1.165, 1.54) is 6.07 Å². The number of thioether (sulfide) groups is 1. The first-order chi connectivity index (χ1) is 18.1. The zero-order valence-corrected chi connectivity index (χ0v) is 23.9. The third-order valence-corrected chi connectivity index (χ3v) is 8.86. The molecule has 4 rings (SSSR count). The fourth-order valence-corrected chi connectivity index (χ4v) is 6.04. The predicted octanol–water partition coefficient (Wildman–Crippen LogP) is 6.44. The maximum Gasteiger partial charge on any atom is 0.387 e. The third kappa shape index (κ3) is 7.43. The molecular formula is C27H33Cl2F2N2O4S+. The van der Waals surface area contributed by atoms with Gasteiger partial charge in [0.15, 0.2) is 29.3 Å². The van der Waals surface area contributed by atoms with Crippen LogP contribution in [0.4, 0.5) is 8.78 Å². The van der Waals surface area contributed by atoms with Crippen LogP contribution in [0.5, 0.6) is 11.5 Å². The summed E-state index contributed by atoms with van der Waals surface area (Å²) in [5.41, 5.74) is 1.17. The molecule has 2 aromatic rings. The smallest absolute Gasteiger partial charge is 0.387 e. The summed E-state index contributed by atoms with van der Waals surface area (Å²) >= 11 is 14.4. The number of nitrogens with one attached hydrogen (secondary N) is 1. The number of carbonyl (C=O) groups is 1. The highest BCUT2D eigenvalue weighted by molar-refractivity contribution is 8.00. The zero-order valence-electron chi connectivity index (χ0n) is 21.6. The molecule has 1 saturated carbocycles. The predicted molar refractivity (Wildman–Crippen MR) is 144 cm³/mol. The summed E-state index contributed by atoms with van der Waals surface area (Å²) in [4.78, 5) is 18.6. The van der Waals surface area contributed by atoms with Gasteiger partial charge in [0.2, 0.25) is 0 Å². The molecule has 2 fully saturated rings. The van der Waals surface area contributed by atoms with Crippen molar-refractivity contribution in [3.05, 3.63) is 51.8 Å². The lowest BCUT2D eigenvalue weighted by Gasteiger charge is -2.32. The standard InChI is InChI=1S/C27H32Cl2F2N2O4S/c1-15(2)16(3)33-8-9-38-25(33)26(34)36-23(11-19-20(28)12-32-13-21(19)29)18-6-7-22(37-27(30)31)24(10-18)35-14-17-4-5-17/h6-7,10,12-13,15-17,23,25,27H,4-5,8-9,11,14H2,1-3H3/p+1/t16?,23-,25?/m0/s1. The Kier molecular flexibility index (Phi) is 10.0. The van der Waals surface area contributed by atoms with Crippen LogP contribution in [0.1, 0.15) is 50.8 Å². The highest BCUT2D eigenvalue weighted by Crippen LogP contribution is 2.39. The van der Waals surface area contributed by atoms with Gasteiger partial charge in [0, 0.05) is 30.3 Å². The first-order valence-electron chi connectivity index (χ1n) is 12.8. The number of carbonyl (C=O) groups excluding carboxylic acids is 1. The SMILES string of the molecule is CC(C)C(C)N1CCSC1C(=O)O[C@@H](Cc1c(Cl)c[nH+]cc1Cl)c1ccc(OC(F)F)c(OCC2CC2)c1. The number of hydrogen-bond donors (Lipinski definition) is 0. The summed E-state index contributed by atoms with van der Waals surface area (Å²) in [6, 6.07) is 4.82. The van der Waals surface area contributed by atoms with Crippen molar-refractivity contribution in [2.24, 2.45) is 11.8 Å². The number of halogens is 4. The van der Waals surface area contributed by atoms with Crippen LogP contribution in [0.3, 0.4) is 0 Å². The van der Waals surface area contributed by atoms with Crippen LogP contribution in [0.15, 0.2) is 30.6 Å². The summed E-state index contributed by atoms with van der Waals surface area (Å²) in [5.74, 6) is 1.34. The number of hydrogen-bond acceptors (Lipinski definition) is 6. The van der Waals surface area contributed by atoms with E-state index in [4.69, 9.17) is 37.4 Å². The summed E-state index contributed by atoms with van der Waals surface area (Å²) in [5, 5.41) is 0.343. The Labute approximate surface area is 236 Å². The molecule has 2 aliphatic rings. The van der Waals surface area contributed by atoms with Crippen LogP contribution >= 0.6 is 35.0 Å². The van der Waals surface area contributed by atoms with Gasteiger partial charge in [-0.2, -0.15) is 8.78 Å². The fraction of sp³-hybridized carbons (Fsp3) is 0.556. The molecule has 6 nitrogen and oxygen atoms in total. The van der Waals surface area contributed by atoms with Crippen molar-refractivity contribution in [1.82, 2.24) is 4.90 Å². The number of pyridine rings is 1. The maximum absolute atomic E-state index is 13.5. The Morgan fingerprint density at radius 1 is 1.16 bits per heavy atom. The van der Waals surface area contributed by atoms with E-state index in [-0.39, 0.29) is 29.9 Å². The van der Waals surface area contributed by atoms with Crippen molar-refractivity contribution >= 4 is 40.9 Å². The highest BCUT2D eigenvalue weighted by atomic mass is 35.5. The van der Waals surface area contributed by atoms with E-state index in [1.807, 2.05) is 0 Å². The summed E-state index contributed by atoms with van der Waals surface area (Å²) in [6.45, 7) is 4.56. The summed E-state index contributed by atoms with van der Waals surface area (Å²) in [6.07, 6.45) is 4.68. The Morgan fingerprint density at radius 3 is 2.50 bits per heavy atom. The normalized spacial score (nSPS) is 19.6. The van der Waals surface area contributed by atoms with E-state index >= 15 is 0 Å². The van der Waals surface area contributed by atoms with Gasteiger partial charge in [0.25, 0.3) is 0 Å². The second-order valence-electron chi connectivity index (χ2n) is 10.0. The number of esters is 1. The van der Waals surface area contributed by atoms with Gasteiger partial charge in [-0.05, 0) is 49.3 Å². The number of H-pyrrole nitrogens is 1. The molecule has 1 saturated heterocycles. The molecule has 1 aromatic carbocycles. The van der Waals surface area contributed by atoms with E-state index in [9.17, 15) is 13.6 Å². The molecule has 11 heteroatoms. The molecule has 3 atom stereocenters. The van der Waals surface area contributed by atoms with E-state index in [0.29, 0.717) is 39.6 Å². The van der Waals surface area contributed by atoms with E-state index in [1.54, 1.807) is 36.3 Å². The Morgan fingerprint density at radius 2 is 1.87 bits per heavy atom. The quantitative estimate of drug-likeness (QED) is 0.265. The first-order valence-corrected chi connectivity index (χ1v) is 14.6. The van der Waals surface area contributed by atoms with E-state index in [2.05, 4.69) is 30.7 Å². The molecule has 1 aliphatic carbocycles. The number of ether oxygens (including phenoxy) is 3. The molecule has 0 bridgehead atoms. The number of aromatic amines is 1. The van der Waals surface area contributed by atoms with Crippen LogP contribution in [-0.2, 0) is 16.0 Å². The Hall–Kier alpha value is -1.81. The molecule has 2 heterocycles. The average molecular weight is 591 g/mol. The second kappa shape index (κ2) is 13.0. The van der Waals surface area contributed by atoms with Gasteiger partial charge in [-0.1, -0.05) is 43.1 Å². The Bertz CT molecular complexity index is 1100. The van der Waals surface area contributed by atoms with Gasteiger partial charge in [-0.25, -0.2) is 9.78 Å². The second-order valence-corrected chi connectivity index (χ2v) is 12.0. The monoisotopic (exact) mass is 589 g/mol. The lowest BCUT2D eigenvalue weighted by molar-refractivity contribution is -0.377. The molecular weight excluding hydrogens is 557 g/mol. The minimum absolute atomic E-state index is 0.0665. The van der Waals surface area contributed by atoms with E-state index in [0.717, 1.165) is 25.1 Å². The molecule has 0 amide bonds. The molecule has 1 aliphatic heterocycles. The molecule has 0 spiro atoms. The van der Waals surface area contributed by atoms with Crippen LogP contribution in [0.2, 0.25) is 10.0 Å². The summed E-state index contributed by atoms with van der Waals surface area (Å²) in [7, 11) is 0. The topological polar surface area (TPSA) is 62.1 Å². The molecule has 38 heavy (non-hydrogen) atoms. The van der Waals surface area contributed by atoms with Gasteiger partial charge in [0.05, 0.1) is 6.61 Å². The minimum atomic E-state index is -3.00. The van der Waals surface area contributed by atoms with Gasteiger partial charge in [-0.15, -0.1) is 11.8 Å². The molecule has 1 N–H and O–H groups in total. The van der Waals surface area contributed by atoms with Gasteiger partial charge < -0.3 is 14.2 Å². The van der Waals surface area contributed by atoms with Gasteiger partial charge >= 0.3 is 12.6 Å². The molecule has 208 valence electrons. The number of alkyl halides is 2. The minimum Gasteiger partial charge on any atom is -0.489 e. The van der Waals surface area contributed by atoms with E-state index < -0.39 is 18.1 Å². The average Bonchev–Trinajstić information content (AvgIpc) is 3.57. The lowest BCUT2D eigenvalue weighted by Crippen LogP contribution is -2.44. The Balaban J connectivity index is 1.64. The van der Waals surface area contributed by atoms with Crippen LogP contribution in [0, 0.1) is 11.8 Å². The highest BCUT2D eigenvalue weighted by Gasteiger charge is 2.38. The van der Waals surface area contributed by atoms with Crippen molar-refractivity contribution in [3.63, 3.8) is 0 Å². The first kappa shape index (κ1) is 29.2. The molecule has 0 radical (unpaired) electrons. The van der Waals surface area contributed by atoms with Gasteiger partial charge in [0.1, 0.15) is 16.1 Å². The number of rotatable bonds is 12. The molecule has 1 aromatic heterocycles. The maximum atomic E-state index is 13.5. The third-order valence-electron chi connectivity index (χ3n) is 6.99. The van der Waals surface area contributed by atoms with Crippen LogP contribution < -0.4 is 14.5 Å². The van der Waals surface area contributed by atoms with Crippen molar-refractivity contribution in [3.8, 4) is 11.5 Å². The van der Waals surface area contributed by atoms with Crippen molar-refractivity contribution in [2.75, 3.05) is 18.9 Å². The zero-order chi connectivity index (χ0) is 27.4. The van der Waals surface area contributed by atoms with Gasteiger partial charge in [-0.3, -0.25) is 4.90 Å². The van der Waals surface area contributed by atoms with Crippen LogP contribution in [-0.4, -0.2) is 47.8 Å². The number of benzene rings is 1. The van der Waals surface area contributed by atoms with Crippen molar-refractivity contribution in [1.29, 1.82) is 0 Å². The number of aromatic nitrogens is 1. The molecule has 2 unspecified atom stereocenters. The fourth-order valence-electron chi connectivity index (χ4n) is 4.29. The number of nitrogens with zero attached hydrogens (tertiary/aromatic N) is 1. The van der Waals surface area contributed by atoms with Crippen LogP contribution in [0.25, 0.3) is 0 Å². The lowest BCUT2D eigenvalue weighted by atomic mass is 10.0. The largest absolute Gasteiger partial charge is 0.489 e. The van der Waals surface area contributed by atoms with Crippen molar-refractivity contribution in [2.45, 2.75) is 64.2 Å².